The Hall–Kier alpha value is -0.610. The molecule has 0 aromatic rings. The zero-order chi connectivity index (χ0) is 15.9. The van der Waals surface area contributed by atoms with Crippen LogP contribution in [0.25, 0.3) is 0 Å². The molecule has 0 bridgehead atoms. The first-order chi connectivity index (χ1) is 9.89. The fourth-order valence-corrected chi connectivity index (χ4v) is 3.57. The number of nitrogens with one attached hydrogen (secondary N) is 1. The second-order valence-corrected chi connectivity index (χ2v) is 7.02. The molecule has 124 valence electrons. The molecule has 1 amide bonds. The maximum Gasteiger partial charge on any atom is 0.237 e. The van der Waals surface area contributed by atoms with Gasteiger partial charge in [-0.3, -0.25) is 4.79 Å². The third kappa shape index (κ3) is 5.95. The Labute approximate surface area is 130 Å². The van der Waals surface area contributed by atoms with Gasteiger partial charge in [0.25, 0.3) is 0 Å². The molecule has 1 aliphatic carbocycles. The molecule has 0 aromatic carbocycles. The van der Waals surface area contributed by atoms with Crippen LogP contribution in [-0.2, 0) is 4.79 Å². The van der Waals surface area contributed by atoms with Crippen molar-refractivity contribution in [1.29, 1.82) is 0 Å². The number of carbonyl (C=O) groups is 1. The van der Waals surface area contributed by atoms with Crippen LogP contribution in [0.1, 0.15) is 72.6 Å². The van der Waals surface area contributed by atoms with Crippen molar-refractivity contribution in [2.45, 2.75) is 90.3 Å². The van der Waals surface area contributed by atoms with Gasteiger partial charge in [-0.1, -0.05) is 19.8 Å². The number of hydrogen-bond acceptors (Lipinski definition) is 3. The van der Waals surface area contributed by atoms with Crippen molar-refractivity contribution in [3.05, 3.63) is 0 Å². The third-order valence-corrected chi connectivity index (χ3v) is 4.77. The second-order valence-electron chi connectivity index (χ2n) is 7.02. The molecular formula is C17H35N3O. The fraction of sp³-hybridized carbons (Fsp3) is 0.941. The highest BCUT2D eigenvalue weighted by atomic mass is 16.1. The van der Waals surface area contributed by atoms with Crippen molar-refractivity contribution in [3.63, 3.8) is 0 Å². The molecule has 21 heavy (non-hydrogen) atoms. The van der Waals surface area contributed by atoms with Gasteiger partial charge in [-0.25, -0.2) is 0 Å². The summed E-state index contributed by atoms with van der Waals surface area (Å²) in [5.74, 6) is -0.237. The lowest BCUT2D eigenvalue weighted by Crippen LogP contribution is -2.55. The molecule has 1 atom stereocenters. The molecule has 1 saturated carbocycles. The van der Waals surface area contributed by atoms with Gasteiger partial charge in [-0.15, -0.1) is 0 Å². The minimum atomic E-state index is -0.571. The Morgan fingerprint density at radius 3 is 2.43 bits per heavy atom. The Bertz CT molecular complexity index is 313. The number of nitrogens with zero attached hydrogens (tertiary/aromatic N) is 1. The van der Waals surface area contributed by atoms with Crippen LogP contribution in [0.3, 0.4) is 0 Å². The first kappa shape index (κ1) is 18.4. The van der Waals surface area contributed by atoms with E-state index in [0.717, 1.165) is 38.4 Å². The van der Waals surface area contributed by atoms with Crippen molar-refractivity contribution < 1.29 is 4.79 Å². The average Bonchev–Trinajstić information content (AvgIpc) is 2.91. The average molecular weight is 297 g/mol. The van der Waals surface area contributed by atoms with E-state index in [0.29, 0.717) is 0 Å². The summed E-state index contributed by atoms with van der Waals surface area (Å²) < 4.78 is 0. The summed E-state index contributed by atoms with van der Waals surface area (Å²) in [4.78, 5) is 14.3. The number of carbonyl (C=O) groups excluding carboxylic acids is 1. The molecule has 4 heteroatoms. The molecule has 0 aromatic heterocycles. The van der Waals surface area contributed by atoms with E-state index in [1.165, 1.54) is 25.7 Å². The van der Waals surface area contributed by atoms with Gasteiger partial charge in [-0.05, 0) is 66.0 Å². The van der Waals surface area contributed by atoms with E-state index in [4.69, 9.17) is 5.73 Å². The van der Waals surface area contributed by atoms with Crippen LogP contribution in [0.4, 0.5) is 0 Å². The van der Waals surface area contributed by atoms with Gasteiger partial charge in [-0.2, -0.15) is 0 Å². The monoisotopic (exact) mass is 297 g/mol. The van der Waals surface area contributed by atoms with Gasteiger partial charge in [0.05, 0.1) is 5.54 Å². The predicted molar refractivity (Wildman–Crippen MR) is 89.2 cm³/mol. The summed E-state index contributed by atoms with van der Waals surface area (Å²) >= 11 is 0. The summed E-state index contributed by atoms with van der Waals surface area (Å²) in [5, 5.41) is 3.32. The largest absolute Gasteiger partial charge is 0.368 e. The molecule has 1 unspecified atom stereocenters. The summed E-state index contributed by atoms with van der Waals surface area (Å²) in [6.45, 7) is 10.6. The summed E-state index contributed by atoms with van der Waals surface area (Å²) in [6.07, 6.45) is 8.51. The molecule has 1 rings (SSSR count). The molecule has 4 nitrogen and oxygen atoms in total. The Kier molecular flexibility index (Phi) is 7.67. The predicted octanol–water partition coefficient (Wildman–Crippen LogP) is 2.66. The van der Waals surface area contributed by atoms with E-state index < -0.39 is 5.54 Å². The molecule has 0 spiro atoms. The van der Waals surface area contributed by atoms with Gasteiger partial charge >= 0.3 is 0 Å². The van der Waals surface area contributed by atoms with Crippen LogP contribution in [0.15, 0.2) is 0 Å². The zero-order valence-electron chi connectivity index (χ0n) is 14.5. The quantitative estimate of drug-likeness (QED) is 0.610. The Morgan fingerprint density at radius 2 is 1.95 bits per heavy atom. The van der Waals surface area contributed by atoms with Crippen molar-refractivity contribution in [2.24, 2.45) is 5.73 Å². The molecule has 1 aliphatic rings. The van der Waals surface area contributed by atoms with E-state index >= 15 is 0 Å². The number of hydrogen-bond donors (Lipinski definition) is 2. The van der Waals surface area contributed by atoms with Crippen LogP contribution < -0.4 is 11.1 Å². The number of amides is 1. The first-order valence-electron chi connectivity index (χ1n) is 8.70. The molecule has 0 radical (unpaired) electrons. The van der Waals surface area contributed by atoms with Crippen LogP contribution in [0.2, 0.25) is 0 Å². The van der Waals surface area contributed by atoms with Crippen LogP contribution in [0, 0.1) is 0 Å². The maximum absolute atomic E-state index is 11.7. The standard InChI is InChI=1S/C17H35N3O/c1-5-20(15-10-6-7-11-15)13-9-8-12-17(4,16(18)21)19-14(2)3/h14-15,19H,5-13H2,1-4H3,(H2,18,21). The van der Waals surface area contributed by atoms with Crippen LogP contribution in [0.5, 0.6) is 0 Å². The van der Waals surface area contributed by atoms with Gasteiger partial charge in [0.2, 0.25) is 5.91 Å². The van der Waals surface area contributed by atoms with Crippen molar-refractivity contribution in [3.8, 4) is 0 Å². The van der Waals surface area contributed by atoms with Gasteiger partial charge in [0, 0.05) is 12.1 Å². The zero-order valence-corrected chi connectivity index (χ0v) is 14.5. The Balaban J connectivity index is 2.34. The maximum atomic E-state index is 11.7. The molecule has 3 N–H and O–H groups in total. The normalized spacial score (nSPS) is 19.3. The highest BCUT2D eigenvalue weighted by Gasteiger charge is 2.30. The van der Waals surface area contributed by atoms with Crippen molar-refractivity contribution in [1.82, 2.24) is 10.2 Å². The lowest BCUT2D eigenvalue weighted by atomic mass is 9.93. The lowest BCUT2D eigenvalue weighted by molar-refractivity contribution is -0.124. The number of rotatable bonds is 10. The van der Waals surface area contributed by atoms with E-state index in [2.05, 4.69) is 31.0 Å². The van der Waals surface area contributed by atoms with E-state index in [9.17, 15) is 4.79 Å². The number of unbranched alkanes of at least 4 members (excludes halogenated alkanes) is 1. The lowest BCUT2D eigenvalue weighted by Gasteiger charge is -2.31. The second kappa shape index (κ2) is 8.74. The molecule has 0 aliphatic heterocycles. The van der Waals surface area contributed by atoms with Crippen molar-refractivity contribution >= 4 is 5.91 Å². The summed E-state index contributed by atoms with van der Waals surface area (Å²) in [7, 11) is 0. The molecular weight excluding hydrogens is 262 g/mol. The van der Waals surface area contributed by atoms with Crippen molar-refractivity contribution in [2.75, 3.05) is 13.1 Å². The van der Waals surface area contributed by atoms with E-state index in [-0.39, 0.29) is 11.9 Å². The number of nitrogens with two attached hydrogens (primary N) is 1. The van der Waals surface area contributed by atoms with E-state index in [1.807, 2.05) is 6.92 Å². The van der Waals surface area contributed by atoms with Crippen LogP contribution in [-0.4, -0.2) is 41.5 Å². The summed E-state index contributed by atoms with van der Waals surface area (Å²) in [5.41, 5.74) is 5.00. The third-order valence-electron chi connectivity index (χ3n) is 4.77. The highest BCUT2D eigenvalue weighted by molar-refractivity contribution is 5.84. The van der Waals surface area contributed by atoms with Gasteiger partial charge in [0.15, 0.2) is 0 Å². The van der Waals surface area contributed by atoms with E-state index in [1.54, 1.807) is 0 Å². The first-order valence-corrected chi connectivity index (χ1v) is 8.70. The molecule has 0 heterocycles. The summed E-state index contributed by atoms with van der Waals surface area (Å²) in [6, 6.07) is 1.07. The van der Waals surface area contributed by atoms with Gasteiger partial charge < -0.3 is 16.0 Å². The fourth-order valence-electron chi connectivity index (χ4n) is 3.57. The minimum Gasteiger partial charge on any atom is -0.368 e. The Morgan fingerprint density at radius 1 is 1.33 bits per heavy atom. The van der Waals surface area contributed by atoms with Crippen LogP contribution >= 0.6 is 0 Å². The SMILES string of the molecule is CCN(CCCCC(C)(NC(C)C)C(N)=O)C1CCCC1. The smallest absolute Gasteiger partial charge is 0.237 e. The van der Waals surface area contributed by atoms with Gasteiger partial charge in [0.1, 0.15) is 0 Å². The topological polar surface area (TPSA) is 58.4 Å². The molecule has 0 saturated heterocycles. The minimum absolute atomic E-state index is 0.237. The molecule has 1 fully saturated rings. The number of primary amides is 1. The highest BCUT2D eigenvalue weighted by Crippen LogP contribution is 2.24.